The van der Waals surface area contributed by atoms with E-state index in [1.54, 1.807) is 0 Å². The molecule has 0 aromatic heterocycles. The van der Waals surface area contributed by atoms with Crippen molar-refractivity contribution in [3.05, 3.63) is 0 Å². The molecule has 0 aromatic carbocycles. The standard InChI is InChI=1S/C9H19O11P/c10-2-3(11)1-9(20-21(17,18)19)7(15)5(13)4(12)6(14)8(9)16/h3-8,10-16H,1-2H2,(H2,17,18,19)/p-1/t3?,4?,5-,6+,7-,8-,9?/m0/s1. The number of hydrogen-bond donors (Lipinski definition) is 8. The van der Waals surface area contributed by atoms with Crippen LogP contribution in [0.1, 0.15) is 6.42 Å². The van der Waals surface area contributed by atoms with Gasteiger partial charge in [0.15, 0.2) is 0 Å². The number of phosphoric acid groups is 1. The molecule has 1 rings (SSSR count). The lowest BCUT2D eigenvalue weighted by Crippen LogP contribution is -2.72. The van der Waals surface area contributed by atoms with E-state index < -0.39 is 63.1 Å². The Labute approximate surface area is 118 Å². The summed E-state index contributed by atoms with van der Waals surface area (Å²) in [6.07, 6.45) is -13.6. The van der Waals surface area contributed by atoms with Gasteiger partial charge in [-0.3, -0.25) is 4.57 Å². The van der Waals surface area contributed by atoms with Gasteiger partial charge in [-0.05, 0) is 0 Å². The third kappa shape index (κ3) is 3.78. The molecule has 0 amide bonds. The summed E-state index contributed by atoms with van der Waals surface area (Å²) in [5.74, 6) is 0. The SMILES string of the molecule is O=P([O-])(O)OC1(CC(O)CO)[C@@H](O)[C@H](O)C(O)[C@H](O)[C@@H]1O. The fraction of sp³-hybridized carbons (Fsp3) is 1.00. The van der Waals surface area contributed by atoms with Crippen molar-refractivity contribution in [1.29, 1.82) is 0 Å². The van der Waals surface area contributed by atoms with Crippen LogP contribution in [-0.2, 0) is 9.09 Å². The first-order valence-electron chi connectivity index (χ1n) is 5.90. The van der Waals surface area contributed by atoms with Crippen molar-refractivity contribution in [3.63, 3.8) is 0 Å². The van der Waals surface area contributed by atoms with Crippen LogP contribution in [0, 0.1) is 0 Å². The van der Waals surface area contributed by atoms with Gasteiger partial charge in [0.05, 0.1) is 12.7 Å². The predicted molar refractivity (Wildman–Crippen MR) is 61.4 cm³/mol. The molecule has 8 atom stereocenters. The lowest BCUT2D eigenvalue weighted by molar-refractivity contribution is -0.294. The van der Waals surface area contributed by atoms with Crippen LogP contribution in [0.2, 0.25) is 0 Å². The zero-order chi connectivity index (χ0) is 16.6. The van der Waals surface area contributed by atoms with Crippen LogP contribution >= 0.6 is 7.82 Å². The average Bonchev–Trinajstić information content (AvgIpc) is 2.39. The highest BCUT2D eigenvalue weighted by atomic mass is 31.2. The van der Waals surface area contributed by atoms with Gasteiger partial charge in [-0.15, -0.1) is 0 Å². The Hall–Kier alpha value is -0.170. The van der Waals surface area contributed by atoms with Crippen LogP contribution in [0.15, 0.2) is 0 Å². The van der Waals surface area contributed by atoms with E-state index >= 15 is 0 Å². The van der Waals surface area contributed by atoms with E-state index in [0.717, 1.165) is 0 Å². The minimum atomic E-state index is -5.58. The minimum absolute atomic E-state index is 0.923. The van der Waals surface area contributed by atoms with Crippen molar-refractivity contribution in [2.45, 2.75) is 48.6 Å². The van der Waals surface area contributed by atoms with Gasteiger partial charge >= 0.3 is 0 Å². The fourth-order valence-electron chi connectivity index (χ4n) is 2.36. The minimum Gasteiger partial charge on any atom is -0.756 e. The highest BCUT2D eigenvalue weighted by Crippen LogP contribution is 2.46. The van der Waals surface area contributed by atoms with Gasteiger partial charge in [-0.25, -0.2) is 0 Å². The Balaban J connectivity index is 3.27. The second-order valence-electron chi connectivity index (χ2n) is 4.92. The van der Waals surface area contributed by atoms with E-state index in [-0.39, 0.29) is 0 Å². The summed E-state index contributed by atoms with van der Waals surface area (Å²) in [6.45, 7) is -0.923. The second-order valence-corrected chi connectivity index (χ2v) is 6.04. The predicted octanol–water partition coefficient (Wildman–Crippen LogP) is -5.24. The monoisotopic (exact) mass is 333 g/mol. The van der Waals surface area contributed by atoms with Crippen LogP contribution < -0.4 is 4.89 Å². The molecule has 12 heteroatoms. The van der Waals surface area contributed by atoms with Gasteiger partial charge in [0.1, 0.15) is 36.1 Å². The molecule has 21 heavy (non-hydrogen) atoms. The molecule has 0 radical (unpaired) electrons. The Kier molecular flexibility index (Phi) is 5.86. The van der Waals surface area contributed by atoms with E-state index in [0.29, 0.717) is 0 Å². The number of phosphoric ester groups is 1. The second kappa shape index (κ2) is 6.52. The molecule has 126 valence electrons. The molecule has 4 unspecified atom stereocenters. The zero-order valence-corrected chi connectivity index (χ0v) is 11.5. The zero-order valence-electron chi connectivity index (χ0n) is 10.6. The van der Waals surface area contributed by atoms with Crippen molar-refractivity contribution in [3.8, 4) is 0 Å². The Morgan fingerprint density at radius 3 is 1.86 bits per heavy atom. The Morgan fingerprint density at radius 2 is 1.52 bits per heavy atom. The van der Waals surface area contributed by atoms with E-state index in [4.69, 9.17) is 10.00 Å². The molecule has 8 N–H and O–H groups in total. The van der Waals surface area contributed by atoms with E-state index in [2.05, 4.69) is 4.52 Å². The summed E-state index contributed by atoms with van der Waals surface area (Å²) in [4.78, 5) is 19.7. The lowest BCUT2D eigenvalue weighted by atomic mass is 9.72. The first-order chi connectivity index (χ1) is 9.46. The van der Waals surface area contributed by atoms with Gasteiger partial charge in [-0.1, -0.05) is 0 Å². The largest absolute Gasteiger partial charge is 0.756 e. The number of aliphatic hydroxyl groups excluding tert-OH is 7. The molecule has 1 saturated carbocycles. The first-order valence-corrected chi connectivity index (χ1v) is 7.39. The third-order valence-electron chi connectivity index (χ3n) is 3.40. The molecule has 0 spiro atoms. The smallest absolute Gasteiger partial charge is 0.265 e. The van der Waals surface area contributed by atoms with Crippen LogP contribution in [0.3, 0.4) is 0 Å². The maximum atomic E-state index is 10.9. The molecular weight excluding hydrogens is 315 g/mol. The molecule has 1 aliphatic rings. The molecule has 0 saturated heterocycles. The lowest BCUT2D eigenvalue weighted by Gasteiger charge is -2.51. The average molecular weight is 333 g/mol. The first kappa shape index (κ1) is 18.9. The number of aliphatic hydroxyl groups is 7. The normalized spacial score (nSPS) is 45.1. The maximum absolute atomic E-state index is 10.9. The van der Waals surface area contributed by atoms with Crippen molar-refractivity contribution < 1.29 is 54.6 Å². The van der Waals surface area contributed by atoms with Crippen LogP contribution in [-0.4, -0.2) is 89.5 Å². The number of hydrogen-bond acceptors (Lipinski definition) is 10. The van der Waals surface area contributed by atoms with Gasteiger partial charge in [0, 0.05) is 6.42 Å². The molecule has 0 heterocycles. The molecule has 1 aliphatic carbocycles. The van der Waals surface area contributed by atoms with Gasteiger partial charge in [0.25, 0.3) is 7.82 Å². The summed E-state index contributed by atoms with van der Waals surface area (Å²) in [5.41, 5.74) is -2.76. The van der Waals surface area contributed by atoms with E-state index in [1.165, 1.54) is 0 Å². The van der Waals surface area contributed by atoms with Crippen molar-refractivity contribution in [2.75, 3.05) is 6.61 Å². The van der Waals surface area contributed by atoms with Crippen LogP contribution in [0.4, 0.5) is 0 Å². The van der Waals surface area contributed by atoms with Gasteiger partial charge < -0.3 is 50.1 Å². The van der Waals surface area contributed by atoms with Crippen molar-refractivity contribution >= 4 is 7.82 Å². The summed E-state index contributed by atoms with van der Waals surface area (Å²) in [7, 11) is -5.58. The third-order valence-corrected chi connectivity index (χ3v) is 3.97. The maximum Gasteiger partial charge on any atom is 0.265 e. The molecule has 11 nitrogen and oxygen atoms in total. The summed E-state index contributed by atoms with van der Waals surface area (Å²) >= 11 is 0. The van der Waals surface area contributed by atoms with Gasteiger partial charge in [0.2, 0.25) is 0 Å². The van der Waals surface area contributed by atoms with Crippen LogP contribution in [0.25, 0.3) is 0 Å². The highest BCUT2D eigenvalue weighted by Gasteiger charge is 2.60. The quantitative estimate of drug-likeness (QED) is 0.223. The van der Waals surface area contributed by atoms with E-state index in [9.17, 15) is 40.1 Å². The van der Waals surface area contributed by atoms with Crippen LogP contribution in [0.5, 0.6) is 0 Å². The Bertz CT molecular complexity index is 381. The highest BCUT2D eigenvalue weighted by molar-refractivity contribution is 7.44. The molecule has 0 aliphatic heterocycles. The molecule has 1 fully saturated rings. The van der Waals surface area contributed by atoms with Gasteiger partial charge in [-0.2, -0.15) is 0 Å². The van der Waals surface area contributed by atoms with E-state index in [1.807, 2.05) is 0 Å². The van der Waals surface area contributed by atoms with Crippen molar-refractivity contribution in [2.24, 2.45) is 0 Å². The molecule has 0 bridgehead atoms. The van der Waals surface area contributed by atoms with Crippen molar-refractivity contribution in [1.82, 2.24) is 0 Å². The summed E-state index contributed by atoms with van der Waals surface area (Å²) < 4.78 is 15.1. The molecule has 0 aromatic rings. The molecular formula is C9H18O11P-. The summed E-state index contributed by atoms with van der Waals surface area (Å²) in [5, 5.41) is 66.5. The summed E-state index contributed by atoms with van der Waals surface area (Å²) in [6, 6.07) is 0. The Morgan fingerprint density at radius 1 is 1.10 bits per heavy atom. The fourth-order valence-corrected chi connectivity index (χ4v) is 3.08. The number of rotatable bonds is 5. The topological polar surface area (TPSA) is 211 Å².